The van der Waals surface area contributed by atoms with E-state index in [2.05, 4.69) is 9.88 Å². The summed E-state index contributed by atoms with van der Waals surface area (Å²) in [5.41, 5.74) is 1.59. The van der Waals surface area contributed by atoms with E-state index in [-0.39, 0.29) is 5.13 Å². The molecule has 0 aliphatic carbocycles. The lowest BCUT2D eigenvalue weighted by Gasteiger charge is -2.11. The first-order chi connectivity index (χ1) is 8.83. The van der Waals surface area contributed by atoms with E-state index < -0.39 is 0 Å². The van der Waals surface area contributed by atoms with Crippen molar-refractivity contribution in [1.82, 2.24) is 9.88 Å². The molecule has 0 unspecified atom stereocenters. The van der Waals surface area contributed by atoms with Gasteiger partial charge >= 0.3 is 0 Å². The predicted octanol–water partition coefficient (Wildman–Crippen LogP) is 3.55. The number of halogens is 1. The maximum atomic E-state index is 13.9. The van der Waals surface area contributed by atoms with Crippen LogP contribution in [0.25, 0.3) is 10.6 Å². The van der Waals surface area contributed by atoms with Gasteiger partial charge in [0, 0.05) is 12.1 Å². The van der Waals surface area contributed by atoms with Gasteiger partial charge in [-0.1, -0.05) is 41.7 Å². The van der Waals surface area contributed by atoms with E-state index >= 15 is 0 Å². The van der Waals surface area contributed by atoms with E-state index in [0.29, 0.717) is 12.2 Å². The summed E-state index contributed by atoms with van der Waals surface area (Å²) in [6.07, 6.45) is 2.44. The van der Waals surface area contributed by atoms with Gasteiger partial charge in [-0.25, -0.2) is 4.98 Å². The fourth-order valence-corrected chi connectivity index (χ4v) is 3.09. The van der Waals surface area contributed by atoms with E-state index in [4.69, 9.17) is 0 Å². The Morgan fingerprint density at radius 2 is 1.89 bits per heavy atom. The number of nitrogens with zero attached hydrogens (tertiary/aromatic N) is 2. The van der Waals surface area contributed by atoms with Crippen molar-refractivity contribution in [2.75, 3.05) is 13.1 Å². The fourth-order valence-electron chi connectivity index (χ4n) is 2.29. The molecule has 18 heavy (non-hydrogen) atoms. The van der Waals surface area contributed by atoms with Crippen molar-refractivity contribution < 1.29 is 4.39 Å². The molecule has 0 saturated carbocycles. The second-order valence-corrected chi connectivity index (χ2v) is 5.54. The van der Waals surface area contributed by atoms with Crippen LogP contribution in [-0.2, 0) is 6.54 Å². The number of hydrogen-bond donors (Lipinski definition) is 0. The minimum absolute atomic E-state index is 0.138. The predicted molar refractivity (Wildman–Crippen MR) is 72.0 cm³/mol. The summed E-state index contributed by atoms with van der Waals surface area (Å²) >= 11 is 1.15. The van der Waals surface area contributed by atoms with Crippen LogP contribution in [0.5, 0.6) is 0 Å². The summed E-state index contributed by atoms with van der Waals surface area (Å²) in [4.78, 5) is 6.72. The molecule has 3 rings (SSSR count). The maximum Gasteiger partial charge on any atom is 0.201 e. The van der Waals surface area contributed by atoms with Crippen LogP contribution in [0, 0.1) is 5.13 Å². The minimum atomic E-state index is -0.138. The normalized spacial score (nSPS) is 16.3. The van der Waals surface area contributed by atoms with E-state index in [1.54, 1.807) is 0 Å². The average molecular weight is 262 g/mol. The van der Waals surface area contributed by atoms with Crippen LogP contribution < -0.4 is 0 Å². The molecule has 4 heteroatoms. The number of thiazole rings is 1. The number of aromatic nitrogens is 1. The first kappa shape index (κ1) is 11.8. The third-order valence-corrected chi connectivity index (χ3v) is 4.18. The van der Waals surface area contributed by atoms with Gasteiger partial charge in [0.1, 0.15) is 10.7 Å². The quantitative estimate of drug-likeness (QED) is 0.841. The lowest BCUT2D eigenvalue weighted by molar-refractivity contribution is 0.322. The van der Waals surface area contributed by atoms with E-state index in [1.807, 2.05) is 30.3 Å². The lowest BCUT2D eigenvalue weighted by atomic mass is 10.2. The largest absolute Gasteiger partial charge is 0.297 e. The van der Waals surface area contributed by atoms with Gasteiger partial charge < -0.3 is 0 Å². The molecule has 0 bridgehead atoms. The standard InChI is InChI=1S/C14H15FN2S/c15-13-12(10-17-8-4-5-9-17)16-14(18-13)11-6-2-1-3-7-11/h1-3,6-7H,4-5,8-10H2. The Bertz CT molecular complexity index is 518. The van der Waals surface area contributed by atoms with Gasteiger partial charge in [-0.2, -0.15) is 4.39 Å². The minimum Gasteiger partial charge on any atom is -0.297 e. The Morgan fingerprint density at radius 1 is 1.17 bits per heavy atom. The highest BCUT2D eigenvalue weighted by Gasteiger charge is 2.18. The Labute approximate surface area is 110 Å². The Balaban J connectivity index is 1.82. The molecule has 1 fully saturated rings. The van der Waals surface area contributed by atoms with Crippen molar-refractivity contribution in [1.29, 1.82) is 0 Å². The molecule has 0 amide bonds. The SMILES string of the molecule is Fc1sc(-c2ccccc2)nc1CN1CCCC1. The van der Waals surface area contributed by atoms with Gasteiger partial charge in [0.15, 0.2) is 0 Å². The van der Waals surface area contributed by atoms with E-state index in [0.717, 1.165) is 35.0 Å². The maximum absolute atomic E-state index is 13.9. The molecule has 2 aromatic rings. The zero-order chi connectivity index (χ0) is 12.4. The lowest BCUT2D eigenvalue weighted by Crippen LogP contribution is -2.19. The smallest absolute Gasteiger partial charge is 0.201 e. The van der Waals surface area contributed by atoms with E-state index in [1.165, 1.54) is 12.8 Å². The third kappa shape index (κ3) is 2.44. The number of hydrogen-bond acceptors (Lipinski definition) is 3. The van der Waals surface area contributed by atoms with Gasteiger partial charge in [0.25, 0.3) is 0 Å². The summed E-state index contributed by atoms with van der Waals surface area (Å²) in [7, 11) is 0. The average Bonchev–Trinajstić information content (AvgIpc) is 3.02. The van der Waals surface area contributed by atoms with E-state index in [9.17, 15) is 4.39 Å². The fraction of sp³-hybridized carbons (Fsp3) is 0.357. The van der Waals surface area contributed by atoms with Crippen LogP contribution in [-0.4, -0.2) is 23.0 Å². The first-order valence-electron chi connectivity index (χ1n) is 6.26. The van der Waals surface area contributed by atoms with Crippen molar-refractivity contribution in [3.05, 3.63) is 41.2 Å². The summed E-state index contributed by atoms with van der Waals surface area (Å²) < 4.78 is 13.9. The van der Waals surface area contributed by atoms with Crippen LogP contribution in [0.15, 0.2) is 30.3 Å². The zero-order valence-corrected chi connectivity index (χ0v) is 10.9. The van der Waals surface area contributed by atoms with Crippen molar-refractivity contribution in [3.8, 4) is 10.6 Å². The molecule has 0 N–H and O–H groups in total. The molecule has 0 radical (unpaired) electrons. The van der Waals surface area contributed by atoms with Crippen LogP contribution in [0.3, 0.4) is 0 Å². The van der Waals surface area contributed by atoms with Crippen LogP contribution >= 0.6 is 11.3 Å². The second-order valence-electron chi connectivity index (χ2n) is 4.59. The molecule has 1 aliphatic heterocycles. The van der Waals surface area contributed by atoms with Crippen molar-refractivity contribution in [3.63, 3.8) is 0 Å². The van der Waals surface area contributed by atoms with Crippen LogP contribution in [0.4, 0.5) is 4.39 Å². The zero-order valence-electron chi connectivity index (χ0n) is 10.1. The number of rotatable bonds is 3. The molecule has 1 saturated heterocycles. The molecule has 94 valence electrons. The molecule has 2 heterocycles. The summed E-state index contributed by atoms with van der Waals surface area (Å²) in [5, 5.41) is 0.642. The van der Waals surface area contributed by atoms with Crippen LogP contribution in [0.2, 0.25) is 0 Å². The number of benzene rings is 1. The summed E-state index contributed by atoms with van der Waals surface area (Å²) in [5.74, 6) is 0. The van der Waals surface area contributed by atoms with Crippen molar-refractivity contribution in [2.24, 2.45) is 0 Å². The molecule has 2 nitrogen and oxygen atoms in total. The Hall–Kier alpha value is -1.26. The van der Waals surface area contributed by atoms with Crippen LogP contribution in [0.1, 0.15) is 18.5 Å². The topological polar surface area (TPSA) is 16.1 Å². The molecule has 0 atom stereocenters. The van der Waals surface area contributed by atoms with Crippen molar-refractivity contribution in [2.45, 2.75) is 19.4 Å². The monoisotopic (exact) mass is 262 g/mol. The summed E-state index contributed by atoms with van der Waals surface area (Å²) in [6.45, 7) is 2.78. The molecular weight excluding hydrogens is 247 g/mol. The highest BCUT2D eigenvalue weighted by atomic mass is 32.1. The second kappa shape index (κ2) is 5.16. The molecule has 0 spiro atoms. The van der Waals surface area contributed by atoms with Gasteiger partial charge in [0.2, 0.25) is 5.13 Å². The van der Waals surface area contributed by atoms with Crippen molar-refractivity contribution >= 4 is 11.3 Å². The first-order valence-corrected chi connectivity index (χ1v) is 7.07. The third-order valence-electron chi connectivity index (χ3n) is 3.24. The van der Waals surface area contributed by atoms with Gasteiger partial charge in [0.05, 0.1) is 0 Å². The highest BCUT2D eigenvalue weighted by Crippen LogP contribution is 2.27. The molecule has 1 aromatic heterocycles. The van der Waals surface area contributed by atoms with Gasteiger partial charge in [-0.05, 0) is 25.9 Å². The molecular formula is C14H15FN2S. The molecule has 1 aromatic carbocycles. The highest BCUT2D eigenvalue weighted by molar-refractivity contribution is 7.13. The summed E-state index contributed by atoms with van der Waals surface area (Å²) in [6, 6.07) is 9.80. The Morgan fingerprint density at radius 3 is 2.61 bits per heavy atom. The molecule has 1 aliphatic rings. The van der Waals surface area contributed by atoms with Gasteiger partial charge in [-0.3, -0.25) is 4.90 Å². The Kier molecular flexibility index (Phi) is 3.39. The number of likely N-dealkylation sites (tertiary alicyclic amines) is 1. The van der Waals surface area contributed by atoms with Gasteiger partial charge in [-0.15, -0.1) is 0 Å².